The Bertz CT molecular complexity index is 128. The lowest BCUT2D eigenvalue weighted by Crippen LogP contribution is -2.28. The van der Waals surface area contributed by atoms with E-state index in [2.05, 4.69) is 39.5 Å². The maximum absolute atomic E-state index is 2.39. The summed E-state index contributed by atoms with van der Waals surface area (Å²) in [4.78, 5) is 0. The van der Waals surface area contributed by atoms with Crippen molar-refractivity contribution in [3.63, 3.8) is 0 Å². The maximum atomic E-state index is 2.39. The molecule has 0 heterocycles. The smallest absolute Gasteiger partial charge is 0.0189 e. The molecule has 0 radical (unpaired) electrons. The Balaban J connectivity index is 4.23. The van der Waals surface area contributed by atoms with Gasteiger partial charge in [-0.15, -0.1) is 8.20 Å². The molecule has 11 heavy (non-hydrogen) atoms. The summed E-state index contributed by atoms with van der Waals surface area (Å²) in [5, 5.41) is 0. The first kappa shape index (κ1) is 11.5. The van der Waals surface area contributed by atoms with Crippen LogP contribution >= 0.6 is 20.0 Å². The van der Waals surface area contributed by atoms with Crippen LogP contribution in [0.1, 0.15) is 27.2 Å². The summed E-state index contributed by atoms with van der Waals surface area (Å²) in [7, 11) is 1.40. The minimum atomic E-state index is 0.447. The second-order valence-electron chi connectivity index (χ2n) is 3.07. The topological polar surface area (TPSA) is 0 Å². The Morgan fingerprint density at radius 2 is 2.18 bits per heavy atom. The average molecular weight is 190 g/mol. The Hall–Kier alpha value is 0.520. The summed E-state index contributed by atoms with van der Waals surface area (Å²) >= 11 is 1.98. The van der Waals surface area contributed by atoms with Gasteiger partial charge in [0.25, 0.3) is 0 Å². The van der Waals surface area contributed by atoms with Crippen LogP contribution in [0.2, 0.25) is 0 Å². The molecule has 0 aromatic carbocycles. The second-order valence-corrected chi connectivity index (χ2v) is 5.22. The SMILES string of the molecule is CCC(C)(SC)C(C)C=PC. The van der Waals surface area contributed by atoms with Crippen LogP contribution in [-0.4, -0.2) is 23.5 Å². The zero-order valence-corrected chi connectivity index (χ0v) is 9.93. The number of hydrogen-bond acceptors (Lipinski definition) is 1. The van der Waals surface area contributed by atoms with Crippen LogP contribution in [0.5, 0.6) is 0 Å². The summed E-state index contributed by atoms with van der Waals surface area (Å²) in [6.45, 7) is 9.13. The summed E-state index contributed by atoms with van der Waals surface area (Å²) in [6, 6.07) is 0. The van der Waals surface area contributed by atoms with Crippen LogP contribution in [0.25, 0.3) is 0 Å². The van der Waals surface area contributed by atoms with Crippen molar-refractivity contribution < 1.29 is 0 Å². The van der Waals surface area contributed by atoms with E-state index in [4.69, 9.17) is 0 Å². The van der Waals surface area contributed by atoms with Crippen LogP contribution in [0.4, 0.5) is 0 Å². The molecular weight excluding hydrogens is 171 g/mol. The zero-order chi connectivity index (χ0) is 8.91. The van der Waals surface area contributed by atoms with E-state index in [1.165, 1.54) is 14.6 Å². The van der Waals surface area contributed by atoms with Gasteiger partial charge in [-0.05, 0) is 32.2 Å². The molecule has 0 saturated carbocycles. The van der Waals surface area contributed by atoms with Crippen molar-refractivity contribution >= 4 is 25.8 Å². The Kier molecular flexibility index (Phi) is 5.46. The molecule has 0 aliphatic carbocycles. The van der Waals surface area contributed by atoms with Crippen LogP contribution in [0, 0.1) is 5.92 Å². The first-order chi connectivity index (χ1) is 5.10. The number of rotatable bonds is 4. The van der Waals surface area contributed by atoms with Gasteiger partial charge in [0.1, 0.15) is 0 Å². The van der Waals surface area contributed by atoms with Crippen molar-refractivity contribution in [2.45, 2.75) is 31.9 Å². The van der Waals surface area contributed by atoms with E-state index in [0.29, 0.717) is 10.7 Å². The third-order valence-electron chi connectivity index (χ3n) is 2.50. The van der Waals surface area contributed by atoms with E-state index in [1.807, 2.05) is 11.8 Å². The molecule has 0 rings (SSSR count). The fraction of sp³-hybridized carbons (Fsp3) is 0.889. The van der Waals surface area contributed by atoms with Crippen molar-refractivity contribution in [3.05, 3.63) is 0 Å². The summed E-state index contributed by atoms with van der Waals surface area (Å²) in [5.74, 6) is 3.11. The molecule has 0 aromatic heterocycles. The Morgan fingerprint density at radius 3 is 2.45 bits per heavy atom. The van der Waals surface area contributed by atoms with Gasteiger partial charge in [0.2, 0.25) is 0 Å². The van der Waals surface area contributed by atoms with Crippen molar-refractivity contribution in [3.8, 4) is 0 Å². The molecule has 0 amide bonds. The van der Waals surface area contributed by atoms with Crippen molar-refractivity contribution in [1.29, 1.82) is 0 Å². The quantitative estimate of drug-likeness (QED) is 0.611. The average Bonchev–Trinajstić information content (AvgIpc) is 2.03. The highest BCUT2D eigenvalue weighted by molar-refractivity contribution is 8.00. The molecule has 0 aliphatic heterocycles. The van der Waals surface area contributed by atoms with E-state index < -0.39 is 0 Å². The second kappa shape index (κ2) is 5.22. The van der Waals surface area contributed by atoms with Crippen molar-refractivity contribution in [2.24, 2.45) is 5.92 Å². The molecule has 0 N–H and O–H groups in total. The molecule has 2 atom stereocenters. The van der Waals surface area contributed by atoms with E-state index in [-0.39, 0.29) is 0 Å². The van der Waals surface area contributed by atoms with Gasteiger partial charge < -0.3 is 0 Å². The predicted molar refractivity (Wildman–Crippen MR) is 60.3 cm³/mol. The molecule has 0 aromatic rings. The molecule has 2 heteroatoms. The van der Waals surface area contributed by atoms with Crippen LogP contribution in [0.3, 0.4) is 0 Å². The fourth-order valence-electron chi connectivity index (χ4n) is 1.03. The predicted octanol–water partition coefficient (Wildman–Crippen LogP) is 3.53. The molecule has 0 aliphatic rings. The number of thioether (sulfide) groups is 1. The molecular formula is C9H19PS. The normalized spacial score (nSPS) is 20.1. The van der Waals surface area contributed by atoms with Crippen molar-refractivity contribution in [2.75, 3.05) is 12.9 Å². The number of hydrogen-bond donors (Lipinski definition) is 0. The zero-order valence-electron chi connectivity index (χ0n) is 8.22. The highest BCUT2D eigenvalue weighted by Crippen LogP contribution is 2.33. The highest BCUT2D eigenvalue weighted by Gasteiger charge is 2.25. The Morgan fingerprint density at radius 1 is 1.64 bits per heavy atom. The van der Waals surface area contributed by atoms with Crippen molar-refractivity contribution in [1.82, 2.24) is 0 Å². The molecule has 2 unspecified atom stereocenters. The van der Waals surface area contributed by atoms with Gasteiger partial charge in [0.15, 0.2) is 0 Å². The standard InChI is InChI=1S/C9H19PS/c1-6-9(3,11-5)8(2)7-10-4/h7-8H,6H2,1-5H3. The van der Waals surface area contributed by atoms with Gasteiger partial charge in [-0.2, -0.15) is 11.8 Å². The third-order valence-corrected chi connectivity index (χ3v) is 4.84. The largest absolute Gasteiger partial charge is 0.158 e. The van der Waals surface area contributed by atoms with Gasteiger partial charge in [0.05, 0.1) is 0 Å². The van der Waals surface area contributed by atoms with Crippen LogP contribution < -0.4 is 0 Å². The summed E-state index contributed by atoms with van der Waals surface area (Å²) in [6.07, 6.45) is 3.46. The minimum Gasteiger partial charge on any atom is -0.158 e. The molecule has 0 bridgehead atoms. The summed E-state index contributed by atoms with van der Waals surface area (Å²) in [5.41, 5.74) is 0. The van der Waals surface area contributed by atoms with E-state index in [0.717, 1.165) is 0 Å². The van der Waals surface area contributed by atoms with Gasteiger partial charge in [0, 0.05) is 4.75 Å². The molecule has 0 fully saturated rings. The van der Waals surface area contributed by atoms with Gasteiger partial charge in [-0.1, -0.05) is 19.6 Å². The molecule has 0 nitrogen and oxygen atoms in total. The van der Waals surface area contributed by atoms with E-state index in [9.17, 15) is 0 Å². The minimum absolute atomic E-state index is 0.447. The van der Waals surface area contributed by atoms with Crippen LogP contribution in [-0.2, 0) is 0 Å². The van der Waals surface area contributed by atoms with E-state index >= 15 is 0 Å². The van der Waals surface area contributed by atoms with Gasteiger partial charge in [-0.3, -0.25) is 0 Å². The van der Waals surface area contributed by atoms with Gasteiger partial charge >= 0.3 is 0 Å². The lowest BCUT2D eigenvalue weighted by atomic mass is 9.94. The molecule has 0 saturated heterocycles. The first-order valence-electron chi connectivity index (χ1n) is 4.08. The highest BCUT2D eigenvalue weighted by atomic mass is 32.2. The fourth-order valence-corrected chi connectivity index (χ4v) is 2.64. The molecule has 0 spiro atoms. The van der Waals surface area contributed by atoms with Crippen LogP contribution in [0.15, 0.2) is 0 Å². The van der Waals surface area contributed by atoms with E-state index in [1.54, 1.807) is 0 Å². The molecule has 66 valence electrons. The lowest BCUT2D eigenvalue weighted by Gasteiger charge is -2.30. The third kappa shape index (κ3) is 3.17. The summed E-state index contributed by atoms with van der Waals surface area (Å²) < 4.78 is 0.447. The monoisotopic (exact) mass is 190 g/mol. The van der Waals surface area contributed by atoms with Gasteiger partial charge in [-0.25, -0.2) is 0 Å². The Labute approximate surface area is 77.0 Å². The lowest BCUT2D eigenvalue weighted by molar-refractivity contribution is 0.533. The first-order valence-corrected chi connectivity index (χ1v) is 6.71. The maximum Gasteiger partial charge on any atom is 0.0189 e.